The summed E-state index contributed by atoms with van der Waals surface area (Å²) in [7, 11) is 0. The molecule has 4 nitrogen and oxygen atoms in total. The summed E-state index contributed by atoms with van der Waals surface area (Å²) in [4.78, 5) is 8.60. The van der Waals surface area contributed by atoms with E-state index in [-0.39, 0.29) is 5.41 Å². The fourth-order valence-corrected chi connectivity index (χ4v) is 5.13. The van der Waals surface area contributed by atoms with Crippen LogP contribution in [0, 0.1) is 0 Å². The van der Waals surface area contributed by atoms with Gasteiger partial charge in [0.05, 0.1) is 22.6 Å². The number of para-hydroxylation sites is 2. The highest BCUT2D eigenvalue weighted by Crippen LogP contribution is 2.47. The van der Waals surface area contributed by atoms with E-state index in [1.54, 1.807) is 12.4 Å². The second kappa shape index (κ2) is 8.41. The molecule has 35 heavy (non-hydrogen) atoms. The minimum Gasteiger partial charge on any atom is -0.362 e. The molecule has 2 aromatic carbocycles. The molecule has 1 aliphatic rings. The van der Waals surface area contributed by atoms with Gasteiger partial charge in [-0.15, -0.1) is 0 Å². The summed E-state index contributed by atoms with van der Waals surface area (Å²) in [6.07, 6.45) is 13.9. The molecule has 0 saturated carbocycles. The molecule has 1 aliphatic heterocycles. The number of benzene rings is 2. The zero-order valence-electron chi connectivity index (χ0n) is 19.8. The van der Waals surface area contributed by atoms with Crippen molar-refractivity contribution in [1.29, 1.82) is 0 Å². The summed E-state index contributed by atoms with van der Waals surface area (Å²) in [5.41, 5.74) is 9.29. The minimum absolute atomic E-state index is 0.0945. The van der Waals surface area contributed by atoms with E-state index in [1.807, 2.05) is 42.7 Å². The Morgan fingerprint density at radius 1 is 0.771 bits per heavy atom. The van der Waals surface area contributed by atoms with Crippen molar-refractivity contribution >= 4 is 34.8 Å². The smallest absolute Gasteiger partial charge is 0.0630 e. The first-order valence-electron chi connectivity index (χ1n) is 11.8. The van der Waals surface area contributed by atoms with Crippen LogP contribution in [-0.4, -0.2) is 14.5 Å². The first kappa shape index (κ1) is 21.1. The molecule has 0 bridgehead atoms. The van der Waals surface area contributed by atoms with E-state index < -0.39 is 0 Å². The van der Waals surface area contributed by atoms with E-state index in [1.165, 1.54) is 33.3 Å². The number of hydrogen-bond acceptors (Lipinski definition) is 3. The summed E-state index contributed by atoms with van der Waals surface area (Å²) < 4.78 is 2.41. The first-order chi connectivity index (χ1) is 17.1. The van der Waals surface area contributed by atoms with E-state index in [4.69, 9.17) is 0 Å². The molecule has 0 aliphatic carbocycles. The van der Waals surface area contributed by atoms with Crippen molar-refractivity contribution in [3.8, 4) is 5.69 Å². The third-order valence-electron chi connectivity index (χ3n) is 6.84. The Bertz CT molecular complexity index is 1580. The highest BCUT2D eigenvalue weighted by Gasteiger charge is 2.35. The van der Waals surface area contributed by atoms with E-state index >= 15 is 0 Å². The molecular formula is C31H26N4. The van der Waals surface area contributed by atoms with Crippen molar-refractivity contribution < 1.29 is 0 Å². The van der Waals surface area contributed by atoms with Gasteiger partial charge in [-0.25, -0.2) is 0 Å². The van der Waals surface area contributed by atoms with Crippen molar-refractivity contribution in [1.82, 2.24) is 14.5 Å². The molecule has 3 aromatic heterocycles. The van der Waals surface area contributed by atoms with E-state index in [9.17, 15) is 0 Å². The lowest BCUT2D eigenvalue weighted by atomic mass is 9.75. The highest BCUT2D eigenvalue weighted by atomic mass is 15.0. The number of pyridine rings is 2. The van der Waals surface area contributed by atoms with Crippen LogP contribution < -0.4 is 5.32 Å². The van der Waals surface area contributed by atoms with Crippen LogP contribution in [0.5, 0.6) is 0 Å². The Balaban J connectivity index is 1.60. The highest BCUT2D eigenvalue weighted by molar-refractivity contribution is 6.00. The van der Waals surface area contributed by atoms with Gasteiger partial charge >= 0.3 is 0 Å². The molecule has 0 atom stereocenters. The number of aromatic nitrogens is 3. The number of rotatable bonds is 5. The molecule has 5 aromatic rings. The van der Waals surface area contributed by atoms with Gasteiger partial charge in [-0.3, -0.25) is 9.97 Å². The van der Waals surface area contributed by atoms with Crippen molar-refractivity contribution in [2.24, 2.45) is 0 Å². The molecule has 0 radical (unpaired) electrons. The summed E-state index contributed by atoms with van der Waals surface area (Å²) in [6.45, 7) is 4.64. The molecule has 170 valence electrons. The number of hydrogen-bond donors (Lipinski definition) is 1. The Kier molecular flexibility index (Phi) is 5.07. The van der Waals surface area contributed by atoms with Crippen LogP contribution in [0.1, 0.15) is 41.9 Å². The molecule has 1 N–H and O–H groups in total. The summed E-state index contributed by atoms with van der Waals surface area (Å²) in [6, 6.07) is 25.3. The Morgan fingerprint density at radius 2 is 1.57 bits per heavy atom. The van der Waals surface area contributed by atoms with Gasteiger partial charge in [-0.1, -0.05) is 56.3 Å². The van der Waals surface area contributed by atoms with Crippen LogP contribution >= 0.6 is 0 Å². The zero-order chi connectivity index (χ0) is 23.8. The van der Waals surface area contributed by atoms with Crippen LogP contribution in [0.2, 0.25) is 0 Å². The maximum absolute atomic E-state index is 4.50. The SMILES string of the molecule is CC1(C)c2ccccc2-n2c(/C=C\c3ccccn3)c(/C=C/Nc3ccncc3)c3cccc1c32. The standard InChI is InChI=1S/C31H26N4/c1-31(2)26-10-3-4-12-29(26)35-28(14-13-22-8-5-6-18-33-22)24(25-9-7-11-27(31)30(25)35)17-21-34-23-15-19-32-20-16-23/h3-21H,1-2H3,(H,32,34)/b14-13-,21-17+. The Morgan fingerprint density at radius 3 is 2.40 bits per heavy atom. The van der Waals surface area contributed by atoms with Gasteiger partial charge in [0.1, 0.15) is 0 Å². The van der Waals surface area contributed by atoms with Gasteiger partial charge in [0, 0.05) is 46.8 Å². The van der Waals surface area contributed by atoms with Gasteiger partial charge in [-0.2, -0.15) is 0 Å². The van der Waals surface area contributed by atoms with Crippen molar-refractivity contribution in [2.75, 3.05) is 5.32 Å². The van der Waals surface area contributed by atoms with Crippen LogP contribution in [0.3, 0.4) is 0 Å². The molecule has 0 fully saturated rings. The van der Waals surface area contributed by atoms with Gasteiger partial charge in [-0.05, 0) is 59.7 Å². The normalized spacial score (nSPS) is 14.0. The second-order valence-electron chi connectivity index (χ2n) is 9.28. The number of nitrogens with one attached hydrogen (secondary N) is 1. The molecule has 0 spiro atoms. The lowest BCUT2D eigenvalue weighted by Crippen LogP contribution is -2.26. The quantitative estimate of drug-likeness (QED) is 0.303. The van der Waals surface area contributed by atoms with Gasteiger partial charge in [0.25, 0.3) is 0 Å². The van der Waals surface area contributed by atoms with E-state index in [2.05, 4.69) is 94.4 Å². The maximum atomic E-state index is 4.50. The average molecular weight is 455 g/mol. The molecule has 0 amide bonds. The Hall–Kier alpha value is -4.44. The number of anilines is 1. The molecule has 4 heteroatoms. The van der Waals surface area contributed by atoms with Crippen LogP contribution in [-0.2, 0) is 5.41 Å². The van der Waals surface area contributed by atoms with Crippen molar-refractivity contribution in [3.05, 3.63) is 126 Å². The lowest BCUT2D eigenvalue weighted by molar-refractivity contribution is 0.628. The predicted molar refractivity (Wildman–Crippen MR) is 145 cm³/mol. The molecule has 4 heterocycles. The van der Waals surface area contributed by atoms with Crippen LogP contribution in [0.15, 0.2) is 97.6 Å². The predicted octanol–water partition coefficient (Wildman–Crippen LogP) is 7.31. The monoisotopic (exact) mass is 454 g/mol. The summed E-state index contributed by atoms with van der Waals surface area (Å²) in [5.74, 6) is 0. The minimum atomic E-state index is -0.0945. The molecule has 0 unspecified atom stereocenters. The molecule has 6 rings (SSSR count). The van der Waals surface area contributed by atoms with Crippen LogP contribution in [0.25, 0.3) is 34.8 Å². The van der Waals surface area contributed by atoms with Crippen molar-refractivity contribution in [3.63, 3.8) is 0 Å². The largest absolute Gasteiger partial charge is 0.362 e. The topological polar surface area (TPSA) is 42.7 Å². The third-order valence-corrected chi connectivity index (χ3v) is 6.84. The average Bonchev–Trinajstić information content (AvgIpc) is 3.21. The van der Waals surface area contributed by atoms with E-state index in [0.29, 0.717) is 0 Å². The summed E-state index contributed by atoms with van der Waals surface area (Å²) >= 11 is 0. The van der Waals surface area contributed by atoms with E-state index in [0.717, 1.165) is 17.1 Å². The second-order valence-corrected chi connectivity index (χ2v) is 9.28. The fourth-order valence-electron chi connectivity index (χ4n) is 5.13. The molecular weight excluding hydrogens is 428 g/mol. The summed E-state index contributed by atoms with van der Waals surface area (Å²) in [5, 5.41) is 4.62. The van der Waals surface area contributed by atoms with Crippen molar-refractivity contribution in [2.45, 2.75) is 19.3 Å². The number of fused-ring (bicyclic) bond motifs is 2. The van der Waals surface area contributed by atoms with Gasteiger partial charge in [0.15, 0.2) is 0 Å². The lowest BCUT2D eigenvalue weighted by Gasteiger charge is -2.34. The maximum Gasteiger partial charge on any atom is 0.0630 e. The Labute approximate surface area is 205 Å². The van der Waals surface area contributed by atoms with Gasteiger partial charge < -0.3 is 9.88 Å². The zero-order valence-corrected chi connectivity index (χ0v) is 19.8. The van der Waals surface area contributed by atoms with Gasteiger partial charge in [0.2, 0.25) is 0 Å². The number of nitrogens with zero attached hydrogens (tertiary/aromatic N) is 3. The first-order valence-corrected chi connectivity index (χ1v) is 11.8. The molecule has 0 saturated heterocycles. The third kappa shape index (κ3) is 3.55. The fraction of sp³-hybridized carbons (Fsp3) is 0.0968. The van der Waals surface area contributed by atoms with Crippen LogP contribution in [0.4, 0.5) is 5.69 Å².